The largest absolute Gasteiger partial charge is 0.298 e. The average molecular weight is 329 g/mol. The van der Waals surface area contributed by atoms with E-state index in [0.717, 1.165) is 62.7 Å². The van der Waals surface area contributed by atoms with Crippen LogP contribution in [0.1, 0.15) is 58.8 Å². The van der Waals surface area contributed by atoms with E-state index in [2.05, 4.69) is 23.6 Å². The quantitative estimate of drug-likeness (QED) is 0.778. The van der Waals surface area contributed by atoms with Crippen LogP contribution in [-0.2, 0) is 4.79 Å². The van der Waals surface area contributed by atoms with Crippen molar-refractivity contribution in [1.29, 1.82) is 0 Å². The molecule has 1 spiro atoms. The molecule has 8 aliphatic rings. The zero-order valence-corrected chi connectivity index (χ0v) is 15.4. The first-order chi connectivity index (χ1) is 11.5. The third-order valence-electron chi connectivity index (χ3n) is 9.18. The lowest BCUT2D eigenvalue weighted by atomic mass is 9.47. The standard InChI is InChI=1S/C21H32N2O/c1-3-4-20-12-22-10-19(2,18(20)24)11-23(13-20)21(22)16-6-14-5-15(8-16)9-17(21)7-14/h14-17H,3-13H2,1-2H3. The summed E-state index contributed by atoms with van der Waals surface area (Å²) < 4.78 is 0. The molecule has 0 N–H and O–H groups in total. The number of hydrogen-bond acceptors (Lipinski definition) is 3. The number of piperidine rings is 2. The summed E-state index contributed by atoms with van der Waals surface area (Å²) in [6, 6.07) is 0. The molecule has 0 aromatic rings. The Hall–Kier alpha value is -0.410. The maximum absolute atomic E-state index is 13.3. The summed E-state index contributed by atoms with van der Waals surface area (Å²) in [4.78, 5) is 19.1. The molecule has 4 aliphatic heterocycles. The van der Waals surface area contributed by atoms with Crippen LogP contribution < -0.4 is 0 Å². The Morgan fingerprint density at radius 3 is 1.96 bits per heavy atom. The van der Waals surface area contributed by atoms with Gasteiger partial charge in [0.1, 0.15) is 5.78 Å². The third-order valence-corrected chi connectivity index (χ3v) is 9.18. The van der Waals surface area contributed by atoms with Crippen LogP contribution in [0.3, 0.4) is 0 Å². The highest BCUT2D eigenvalue weighted by atomic mass is 16.1. The van der Waals surface area contributed by atoms with E-state index in [1.165, 1.54) is 32.1 Å². The first-order valence-electron chi connectivity index (χ1n) is 10.6. The molecule has 4 saturated carbocycles. The fraction of sp³-hybridized carbons (Fsp3) is 0.952. The molecule has 0 aromatic carbocycles. The highest BCUT2D eigenvalue weighted by Gasteiger charge is 2.73. The van der Waals surface area contributed by atoms with Gasteiger partial charge in [-0.2, -0.15) is 0 Å². The third kappa shape index (κ3) is 1.44. The van der Waals surface area contributed by atoms with Gasteiger partial charge in [-0.3, -0.25) is 14.6 Å². The van der Waals surface area contributed by atoms with Crippen LogP contribution in [0.15, 0.2) is 0 Å². The Bertz CT molecular complexity index is 565. The SMILES string of the molecule is CCCC12CN3CC(C)(CN(C1)C31C3CC4CC(C3)CC1C4)C2=O. The topological polar surface area (TPSA) is 23.6 Å². The van der Waals surface area contributed by atoms with E-state index < -0.39 is 0 Å². The Kier molecular flexibility index (Phi) is 2.63. The van der Waals surface area contributed by atoms with Gasteiger partial charge in [0.2, 0.25) is 0 Å². The lowest BCUT2D eigenvalue weighted by Crippen LogP contribution is -2.88. The summed E-state index contributed by atoms with van der Waals surface area (Å²) >= 11 is 0. The van der Waals surface area contributed by atoms with Gasteiger partial charge in [0.05, 0.1) is 16.5 Å². The maximum Gasteiger partial charge on any atom is 0.150 e. The summed E-state index contributed by atoms with van der Waals surface area (Å²) in [7, 11) is 0. The highest BCUT2D eigenvalue weighted by Crippen LogP contribution is 2.66. The average Bonchev–Trinajstić information content (AvgIpc) is 2.50. The van der Waals surface area contributed by atoms with Crippen molar-refractivity contribution in [3.05, 3.63) is 0 Å². The summed E-state index contributed by atoms with van der Waals surface area (Å²) in [6.45, 7) is 8.80. The molecule has 132 valence electrons. The number of ketones is 1. The van der Waals surface area contributed by atoms with Crippen molar-refractivity contribution in [3.63, 3.8) is 0 Å². The Labute approximate surface area is 146 Å². The van der Waals surface area contributed by atoms with Crippen LogP contribution in [0.5, 0.6) is 0 Å². The predicted molar refractivity (Wildman–Crippen MR) is 93.4 cm³/mol. The van der Waals surface area contributed by atoms with E-state index in [0.29, 0.717) is 11.4 Å². The molecule has 0 amide bonds. The molecule has 4 aliphatic carbocycles. The smallest absolute Gasteiger partial charge is 0.150 e. The van der Waals surface area contributed by atoms with Gasteiger partial charge in [0.25, 0.3) is 0 Å². The van der Waals surface area contributed by atoms with Gasteiger partial charge in [-0.05, 0) is 62.2 Å². The molecule has 3 nitrogen and oxygen atoms in total. The highest BCUT2D eigenvalue weighted by molar-refractivity contribution is 5.93. The van der Waals surface area contributed by atoms with Gasteiger partial charge in [0, 0.05) is 26.2 Å². The molecule has 4 heterocycles. The fourth-order valence-electron chi connectivity index (χ4n) is 9.08. The van der Waals surface area contributed by atoms with E-state index in [4.69, 9.17) is 0 Å². The van der Waals surface area contributed by atoms with Crippen LogP contribution in [0, 0.1) is 34.5 Å². The lowest BCUT2D eigenvalue weighted by Gasteiger charge is -2.77. The van der Waals surface area contributed by atoms with E-state index in [9.17, 15) is 4.79 Å². The van der Waals surface area contributed by atoms with Crippen LogP contribution in [-0.4, -0.2) is 47.4 Å². The van der Waals surface area contributed by atoms with Crippen molar-refractivity contribution in [3.8, 4) is 0 Å². The minimum Gasteiger partial charge on any atom is -0.298 e. The van der Waals surface area contributed by atoms with Crippen molar-refractivity contribution in [2.75, 3.05) is 26.2 Å². The van der Waals surface area contributed by atoms with Gasteiger partial charge >= 0.3 is 0 Å². The lowest BCUT2D eigenvalue weighted by molar-refractivity contribution is -0.299. The Balaban J connectivity index is 1.46. The van der Waals surface area contributed by atoms with Crippen molar-refractivity contribution < 1.29 is 4.79 Å². The first-order valence-corrected chi connectivity index (χ1v) is 10.6. The second-order valence-corrected chi connectivity index (χ2v) is 10.7. The molecule has 24 heavy (non-hydrogen) atoms. The van der Waals surface area contributed by atoms with Gasteiger partial charge in [-0.25, -0.2) is 0 Å². The van der Waals surface area contributed by atoms with E-state index >= 15 is 0 Å². The Morgan fingerprint density at radius 2 is 1.46 bits per heavy atom. The molecule has 0 aromatic heterocycles. The van der Waals surface area contributed by atoms with Crippen LogP contribution >= 0.6 is 0 Å². The number of nitrogens with zero attached hydrogens (tertiary/aromatic N) is 2. The second kappa shape index (κ2) is 4.28. The molecule has 8 rings (SSSR count). The van der Waals surface area contributed by atoms with Gasteiger partial charge in [-0.15, -0.1) is 0 Å². The monoisotopic (exact) mass is 328 g/mol. The zero-order chi connectivity index (χ0) is 16.3. The van der Waals surface area contributed by atoms with Gasteiger partial charge in [0.15, 0.2) is 0 Å². The molecule has 3 heteroatoms. The summed E-state index contributed by atoms with van der Waals surface area (Å²) in [5.74, 6) is 4.46. The zero-order valence-electron chi connectivity index (χ0n) is 15.4. The molecule has 2 atom stereocenters. The van der Waals surface area contributed by atoms with Crippen LogP contribution in [0.2, 0.25) is 0 Å². The predicted octanol–water partition coefficient (Wildman–Crippen LogP) is 3.15. The molecule has 8 fully saturated rings. The number of Topliss-reactive ketones (excluding diaryl/α,β-unsaturated/α-hetero) is 1. The fourth-order valence-corrected chi connectivity index (χ4v) is 9.08. The minimum absolute atomic E-state index is 0.0418. The molecule has 2 unspecified atom stereocenters. The van der Waals surface area contributed by atoms with E-state index in [1.54, 1.807) is 0 Å². The Morgan fingerprint density at radius 1 is 0.917 bits per heavy atom. The van der Waals surface area contributed by atoms with E-state index in [1.807, 2.05) is 0 Å². The molecular formula is C21H32N2O. The van der Waals surface area contributed by atoms with Crippen LogP contribution in [0.25, 0.3) is 0 Å². The first kappa shape index (κ1) is 14.7. The minimum atomic E-state index is -0.0917. The number of carbonyl (C=O) groups excluding carboxylic acids is 1. The number of carbonyl (C=O) groups is 1. The maximum atomic E-state index is 13.3. The van der Waals surface area contributed by atoms with Gasteiger partial charge < -0.3 is 0 Å². The number of rotatable bonds is 2. The summed E-state index contributed by atoms with van der Waals surface area (Å²) in [5, 5.41) is 0. The molecule has 8 bridgehead atoms. The molecule has 4 saturated heterocycles. The van der Waals surface area contributed by atoms with Crippen molar-refractivity contribution >= 4 is 5.78 Å². The summed E-state index contributed by atoms with van der Waals surface area (Å²) in [6.07, 6.45) is 9.69. The van der Waals surface area contributed by atoms with Gasteiger partial charge in [-0.1, -0.05) is 20.3 Å². The van der Waals surface area contributed by atoms with Crippen molar-refractivity contribution in [2.45, 2.75) is 64.5 Å². The normalized spacial score (nSPS) is 62.8. The number of hydrogen-bond donors (Lipinski definition) is 0. The van der Waals surface area contributed by atoms with Crippen LogP contribution in [0.4, 0.5) is 0 Å². The molecule has 0 radical (unpaired) electrons. The van der Waals surface area contributed by atoms with Crippen molar-refractivity contribution in [1.82, 2.24) is 9.80 Å². The molecular weight excluding hydrogens is 296 g/mol. The van der Waals surface area contributed by atoms with E-state index in [-0.39, 0.29) is 10.8 Å². The summed E-state index contributed by atoms with van der Waals surface area (Å²) in [5.41, 5.74) is 0.219. The second-order valence-electron chi connectivity index (χ2n) is 10.7. The van der Waals surface area contributed by atoms with Crippen molar-refractivity contribution in [2.24, 2.45) is 34.5 Å².